The predicted octanol–water partition coefficient (Wildman–Crippen LogP) is 0.588. The molecule has 0 radical (unpaired) electrons. The number of nitro benzene ring substituents is 1. The average Bonchev–Trinajstić information content (AvgIpc) is 2.93. The molecule has 3 aromatic rings. The first-order chi connectivity index (χ1) is 12.5. The molecule has 0 bridgehead atoms. The van der Waals surface area contributed by atoms with E-state index in [9.17, 15) is 14.9 Å². The SMILES string of the molecule is NC(=S)NN=C1c2cc([N+](=O)[O-])ccc2-n2c1nc1ncccc1c2=O. The number of fused-ring (bicyclic) bond motifs is 4. The van der Waals surface area contributed by atoms with Gasteiger partial charge >= 0.3 is 0 Å². The van der Waals surface area contributed by atoms with Crippen molar-refractivity contribution in [3.8, 4) is 5.69 Å². The highest BCUT2D eigenvalue weighted by Gasteiger charge is 2.31. The summed E-state index contributed by atoms with van der Waals surface area (Å²) in [6.45, 7) is 0. The number of hydrazone groups is 1. The molecule has 0 saturated heterocycles. The highest BCUT2D eigenvalue weighted by atomic mass is 32.1. The number of nitro groups is 1. The van der Waals surface area contributed by atoms with Crippen molar-refractivity contribution in [1.82, 2.24) is 20.0 Å². The van der Waals surface area contributed by atoms with E-state index in [2.05, 4.69) is 20.5 Å². The summed E-state index contributed by atoms with van der Waals surface area (Å²) >= 11 is 4.75. The number of nitrogens with two attached hydrogens (primary N) is 1. The number of hydrogen-bond donors (Lipinski definition) is 2. The van der Waals surface area contributed by atoms with E-state index in [-0.39, 0.29) is 33.5 Å². The molecule has 4 rings (SSSR count). The maximum absolute atomic E-state index is 12.9. The van der Waals surface area contributed by atoms with Gasteiger partial charge < -0.3 is 5.73 Å². The molecule has 1 aromatic carbocycles. The normalized spacial score (nSPS) is 13.5. The van der Waals surface area contributed by atoms with E-state index in [1.54, 1.807) is 12.1 Å². The highest BCUT2D eigenvalue weighted by Crippen LogP contribution is 2.29. The molecule has 0 atom stereocenters. The highest BCUT2D eigenvalue weighted by molar-refractivity contribution is 7.80. The third-order valence-corrected chi connectivity index (χ3v) is 3.91. The Labute approximate surface area is 150 Å². The minimum absolute atomic E-state index is 0.0933. The molecule has 3 heterocycles. The zero-order valence-electron chi connectivity index (χ0n) is 12.9. The molecule has 26 heavy (non-hydrogen) atoms. The van der Waals surface area contributed by atoms with Crippen molar-refractivity contribution < 1.29 is 4.92 Å². The quantitative estimate of drug-likeness (QED) is 0.298. The van der Waals surface area contributed by atoms with Gasteiger partial charge in [-0.3, -0.25) is 24.9 Å². The van der Waals surface area contributed by atoms with Gasteiger partial charge in [0, 0.05) is 23.9 Å². The Bertz CT molecular complexity index is 1200. The summed E-state index contributed by atoms with van der Waals surface area (Å²) in [6.07, 6.45) is 1.52. The van der Waals surface area contributed by atoms with Gasteiger partial charge in [-0.25, -0.2) is 9.97 Å². The third kappa shape index (κ3) is 2.29. The van der Waals surface area contributed by atoms with Gasteiger partial charge in [0.15, 0.2) is 16.6 Å². The van der Waals surface area contributed by atoms with Crippen molar-refractivity contribution in [3.05, 3.63) is 68.4 Å². The predicted molar refractivity (Wildman–Crippen MR) is 97.3 cm³/mol. The fourth-order valence-electron chi connectivity index (χ4n) is 2.77. The number of pyridine rings is 1. The molecule has 1 aliphatic heterocycles. The van der Waals surface area contributed by atoms with Crippen LogP contribution in [0.5, 0.6) is 0 Å². The summed E-state index contributed by atoms with van der Waals surface area (Å²) in [6, 6.07) is 7.35. The van der Waals surface area contributed by atoms with Crippen molar-refractivity contribution in [3.63, 3.8) is 0 Å². The molecular formula is C15H9N7O3S. The Balaban J connectivity index is 2.08. The molecule has 10 nitrogen and oxygen atoms in total. The number of nitrogens with one attached hydrogen (secondary N) is 1. The molecule has 128 valence electrons. The lowest BCUT2D eigenvalue weighted by molar-refractivity contribution is -0.384. The van der Waals surface area contributed by atoms with Crippen LogP contribution < -0.4 is 16.7 Å². The van der Waals surface area contributed by atoms with Gasteiger partial charge in [0.05, 0.1) is 16.0 Å². The average molecular weight is 367 g/mol. The van der Waals surface area contributed by atoms with Crippen LogP contribution in [0.15, 0.2) is 46.4 Å². The van der Waals surface area contributed by atoms with Crippen LogP contribution in [0.25, 0.3) is 16.7 Å². The molecule has 0 saturated carbocycles. The first-order valence-electron chi connectivity index (χ1n) is 7.28. The standard InChI is InChI=1S/C15H9N7O3S/c16-15(26)20-19-11-9-6-7(22(24)25)3-4-10(9)21-13(11)18-12-8(14(21)23)2-1-5-17-12/h1-6H,(H3,16,20,26). The maximum atomic E-state index is 12.9. The fraction of sp³-hybridized carbons (Fsp3) is 0. The van der Waals surface area contributed by atoms with Crippen LogP contribution >= 0.6 is 12.2 Å². The molecule has 0 fully saturated rings. The Morgan fingerprint density at radius 2 is 2.19 bits per heavy atom. The van der Waals surface area contributed by atoms with Crippen molar-refractivity contribution in [2.24, 2.45) is 10.8 Å². The Morgan fingerprint density at radius 3 is 2.92 bits per heavy atom. The molecule has 1 aliphatic rings. The Hall–Kier alpha value is -3.73. The van der Waals surface area contributed by atoms with Crippen LogP contribution in [0.2, 0.25) is 0 Å². The number of non-ortho nitro benzene ring substituents is 1. The zero-order valence-corrected chi connectivity index (χ0v) is 13.7. The minimum Gasteiger partial charge on any atom is -0.375 e. The van der Waals surface area contributed by atoms with Gasteiger partial charge in [-0.2, -0.15) is 5.10 Å². The second-order valence-corrected chi connectivity index (χ2v) is 5.79. The lowest BCUT2D eigenvalue weighted by atomic mass is 10.1. The molecule has 0 amide bonds. The number of thiocarbonyl (C=S) groups is 1. The van der Waals surface area contributed by atoms with E-state index in [0.29, 0.717) is 16.6 Å². The van der Waals surface area contributed by atoms with Crippen LogP contribution in [0.1, 0.15) is 11.4 Å². The largest absolute Gasteiger partial charge is 0.375 e. The zero-order chi connectivity index (χ0) is 18.4. The summed E-state index contributed by atoms with van der Waals surface area (Å²) in [4.78, 5) is 32.0. The van der Waals surface area contributed by atoms with Crippen molar-refractivity contribution in [1.29, 1.82) is 0 Å². The molecular weight excluding hydrogens is 358 g/mol. The summed E-state index contributed by atoms with van der Waals surface area (Å²) in [5, 5.41) is 15.4. The lowest BCUT2D eigenvalue weighted by Gasteiger charge is -2.05. The van der Waals surface area contributed by atoms with E-state index < -0.39 is 4.92 Å². The second-order valence-electron chi connectivity index (χ2n) is 5.35. The number of aromatic nitrogens is 3. The van der Waals surface area contributed by atoms with E-state index in [1.807, 2.05) is 0 Å². The smallest absolute Gasteiger partial charge is 0.270 e. The van der Waals surface area contributed by atoms with Gasteiger partial charge in [0.1, 0.15) is 5.71 Å². The van der Waals surface area contributed by atoms with Crippen molar-refractivity contribution in [2.75, 3.05) is 0 Å². The summed E-state index contributed by atoms with van der Waals surface area (Å²) < 4.78 is 1.34. The van der Waals surface area contributed by atoms with Gasteiger partial charge in [-0.05, 0) is 30.4 Å². The first kappa shape index (κ1) is 15.8. The minimum atomic E-state index is -0.532. The number of nitrogens with zero attached hydrogens (tertiary/aromatic N) is 5. The number of rotatable bonds is 2. The van der Waals surface area contributed by atoms with Crippen LogP contribution in [-0.4, -0.2) is 30.3 Å². The summed E-state index contributed by atoms with van der Waals surface area (Å²) in [5.41, 5.74) is 8.60. The summed E-state index contributed by atoms with van der Waals surface area (Å²) in [7, 11) is 0. The molecule has 0 unspecified atom stereocenters. The maximum Gasteiger partial charge on any atom is 0.270 e. The van der Waals surface area contributed by atoms with Gasteiger partial charge in [0.2, 0.25) is 0 Å². The third-order valence-electron chi connectivity index (χ3n) is 3.82. The van der Waals surface area contributed by atoms with Crippen molar-refractivity contribution >= 4 is 39.8 Å². The van der Waals surface area contributed by atoms with Crippen molar-refractivity contribution in [2.45, 2.75) is 0 Å². The first-order valence-corrected chi connectivity index (χ1v) is 7.68. The number of hydrogen-bond acceptors (Lipinski definition) is 7. The van der Waals surface area contributed by atoms with E-state index in [0.717, 1.165) is 0 Å². The number of benzene rings is 1. The molecule has 11 heteroatoms. The molecule has 0 aliphatic carbocycles. The van der Waals surface area contributed by atoms with Crippen LogP contribution in [0.4, 0.5) is 5.69 Å². The summed E-state index contributed by atoms with van der Waals surface area (Å²) in [5.74, 6) is 0.195. The topological polar surface area (TPSA) is 141 Å². The lowest BCUT2D eigenvalue weighted by Crippen LogP contribution is -2.27. The molecule has 2 aromatic heterocycles. The van der Waals surface area contributed by atoms with Crippen LogP contribution in [0, 0.1) is 10.1 Å². The van der Waals surface area contributed by atoms with Crippen LogP contribution in [-0.2, 0) is 0 Å². The van der Waals surface area contributed by atoms with E-state index >= 15 is 0 Å². The van der Waals surface area contributed by atoms with Gasteiger partial charge in [-0.15, -0.1) is 0 Å². The van der Waals surface area contributed by atoms with E-state index in [1.165, 1.54) is 29.0 Å². The fourth-order valence-corrected chi connectivity index (χ4v) is 2.81. The Morgan fingerprint density at radius 1 is 1.38 bits per heavy atom. The van der Waals surface area contributed by atoms with Gasteiger partial charge in [0.25, 0.3) is 11.2 Å². The van der Waals surface area contributed by atoms with Gasteiger partial charge in [-0.1, -0.05) is 0 Å². The second kappa shape index (κ2) is 5.67. The van der Waals surface area contributed by atoms with E-state index in [4.69, 9.17) is 18.0 Å². The molecule has 3 N–H and O–H groups in total. The van der Waals surface area contributed by atoms with Crippen LogP contribution in [0.3, 0.4) is 0 Å². The monoisotopic (exact) mass is 367 g/mol. The molecule has 0 spiro atoms. The Kier molecular flexibility index (Phi) is 3.44.